The number of thiophene rings is 1. The summed E-state index contributed by atoms with van der Waals surface area (Å²) in [5.41, 5.74) is -1.18. The van der Waals surface area contributed by atoms with E-state index >= 15 is 0 Å². The Labute approximate surface area is 249 Å². The Bertz CT molecular complexity index is 1450. The smallest absolute Gasteiger partial charge is 0.316 e. The Balaban J connectivity index is 1.19. The van der Waals surface area contributed by atoms with Crippen LogP contribution in [0.15, 0.2) is 44.7 Å². The van der Waals surface area contributed by atoms with E-state index in [0.717, 1.165) is 5.01 Å². The number of Topliss-reactive ketones (excluding diaryl/α,β-unsaturated/α-hetero) is 1. The lowest BCUT2D eigenvalue weighted by atomic mass is 9.89. The van der Waals surface area contributed by atoms with Crippen LogP contribution in [0.2, 0.25) is 0 Å². The summed E-state index contributed by atoms with van der Waals surface area (Å²) in [5.74, 6) is -1.88. The molecule has 3 aromatic heterocycles. The molecule has 216 valence electrons. The second-order valence-corrected chi connectivity index (χ2v) is 13.8. The summed E-state index contributed by atoms with van der Waals surface area (Å²) in [6.07, 6.45) is 1.35. The molecule has 0 aliphatic carbocycles. The maximum atomic E-state index is 13.3. The van der Waals surface area contributed by atoms with Crippen molar-refractivity contribution < 1.29 is 33.5 Å². The van der Waals surface area contributed by atoms with E-state index in [2.05, 4.69) is 26.1 Å². The average Bonchev–Trinajstić information content (AvgIpc) is 3.75. The van der Waals surface area contributed by atoms with Gasteiger partial charge in [-0.05, 0) is 30.5 Å². The van der Waals surface area contributed by atoms with Crippen molar-refractivity contribution in [1.29, 1.82) is 0 Å². The summed E-state index contributed by atoms with van der Waals surface area (Å²) >= 11 is 5.22. The maximum absolute atomic E-state index is 13.3. The zero-order valence-corrected chi connectivity index (χ0v) is 24.7. The zero-order chi connectivity index (χ0) is 29.1. The van der Waals surface area contributed by atoms with Crippen molar-refractivity contribution >= 4 is 75.8 Å². The van der Waals surface area contributed by atoms with Crippen LogP contribution in [0.1, 0.15) is 26.5 Å². The van der Waals surface area contributed by atoms with Gasteiger partial charge in [0.15, 0.2) is 10.1 Å². The molecule has 41 heavy (non-hydrogen) atoms. The summed E-state index contributed by atoms with van der Waals surface area (Å²) < 4.78 is 5.69. The molecular formula is C24H24N6O7S4. The lowest BCUT2D eigenvalue weighted by Gasteiger charge is -2.53. The molecule has 2 fully saturated rings. The number of fused-ring (bicyclic) bond motifs is 1. The fourth-order valence-electron chi connectivity index (χ4n) is 4.27. The molecule has 0 bridgehead atoms. The highest BCUT2D eigenvalue weighted by molar-refractivity contribution is 8.01. The SMILES string of the molecule is Cc1nnc(SCC2(C(=O)O)CS[C@@H]3C(NC(=O)C(NC(=O)NCC(=O)c4ccco4)c4cccs4)C(=O)N3C2)s1. The molecule has 0 aromatic carbocycles. The van der Waals surface area contributed by atoms with Gasteiger partial charge in [0.2, 0.25) is 17.6 Å². The topological polar surface area (TPSA) is 184 Å². The first kappa shape index (κ1) is 29.1. The third kappa shape index (κ3) is 6.27. The second kappa shape index (κ2) is 12.2. The van der Waals surface area contributed by atoms with Crippen molar-refractivity contribution in [3.63, 3.8) is 0 Å². The molecule has 2 aliphatic heterocycles. The largest absolute Gasteiger partial charge is 0.481 e. The number of nitrogens with one attached hydrogen (secondary N) is 3. The van der Waals surface area contributed by atoms with Crippen molar-refractivity contribution in [2.45, 2.75) is 28.7 Å². The molecule has 4 atom stereocenters. The number of β-lactam (4-membered cyclic amide) rings is 1. The highest BCUT2D eigenvalue weighted by Crippen LogP contribution is 2.44. The van der Waals surface area contributed by atoms with Crippen LogP contribution in [0.5, 0.6) is 0 Å². The summed E-state index contributed by atoms with van der Waals surface area (Å²) in [5, 5.41) is 27.8. The monoisotopic (exact) mass is 636 g/mol. The van der Waals surface area contributed by atoms with Crippen LogP contribution in [0.3, 0.4) is 0 Å². The molecule has 5 heterocycles. The van der Waals surface area contributed by atoms with E-state index in [9.17, 15) is 29.1 Å². The van der Waals surface area contributed by atoms with Gasteiger partial charge in [0, 0.05) is 22.9 Å². The summed E-state index contributed by atoms with van der Waals surface area (Å²) in [4.78, 5) is 65.4. The minimum Gasteiger partial charge on any atom is -0.481 e. The minimum atomic E-state index is -1.18. The first-order valence-corrected chi connectivity index (χ1v) is 15.9. The lowest BCUT2D eigenvalue weighted by Crippen LogP contribution is -2.74. The van der Waals surface area contributed by atoms with Gasteiger partial charge in [0.05, 0.1) is 12.8 Å². The number of thioether (sulfide) groups is 2. The molecule has 0 spiro atoms. The molecule has 17 heteroatoms. The van der Waals surface area contributed by atoms with E-state index in [1.165, 1.54) is 63.4 Å². The first-order valence-electron chi connectivity index (χ1n) is 12.2. The van der Waals surface area contributed by atoms with Crippen molar-refractivity contribution in [3.8, 4) is 0 Å². The van der Waals surface area contributed by atoms with Gasteiger partial charge in [-0.2, -0.15) is 0 Å². The van der Waals surface area contributed by atoms with Crippen LogP contribution in [-0.2, 0) is 14.4 Å². The molecule has 4 N–H and O–H groups in total. The Morgan fingerprint density at radius 1 is 1.27 bits per heavy atom. The van der Waals surface area contributed by atoms with Crippen molar-refractivity contribution in [1.82, 2.24) is 31.0 Å². The molecule has 2 aliphatic rings. The first-order chi connectivity index (χ1) is 19.7. The fraction of sp³-hybridized carbons (Fsp3) is 0.375. The number of nitrogens with zero attached hydrogens (tertiary/aromatic N) is 3. The molecule has 0 saturated carbocycles. The van der Waals surface area contributed by atoms with Crippen molar-refractivity contribution in [3.05, 3.63) is 51.6 Å². The van der Waals surface area contributed by atoms with Gasteiger partial charge in [-0.3, -0.25) is 19.2 Å². The third-order valence-corrected chi connectivity index (χ3v) is 11.2. The highest BCUT2D eigenvalue weighted by Gasteiger charge is 2.57. The zero-order valence-electron chi connectivity index (χ0n) is 21.4. The maximum Gasteiger partial charge on any atom is 0.316 e. The highest BCUT2D eigenvalue weighted by atomic mass is 32.2. The van der Waals surface area contributed by atoms with Crippen LogP contribution in [0, 0.1) is 12.3 Å². The van der Waals surface area contributed by atoms with Crippen LogP contribution < -0.4 is 16.0 Å². The van der Waals surface area contributed by atoms with Gasteiger partial charge >= 0.3 is 12.0 Å². The van der Waals surface area contributed by atoms with E-state index in [1.807, 2.05) is 6.92 Å². The molecule has 5 rings (SSSR count). The van der Waals surface area contributed by atoms with Crippen molar-refractivity contribution in [2.24, 2.45) is 5.41 Å². The Morgan fingerprint density at radius 3 is 2.76 bits per heavy atom. The second-order valence-electron chi connectivity index (χ2n) is 9.29. The number of carboxylic acids is 1. The number of carbonyl (C=O) groups excluding carboxylic acids is 4. The Hall–Kier alpha value is -3.41. The van der Waals surface area contributed by atoms with Crippen LogP contribution >= 0.6 is 46.2 Å². The quantitative estimate of drug-likeness (QED) is 0.137. The Kier molecular flexibility index (Phi) is 8.67. The molecule has 2 saturated heterocycles. The van der Waals surface area contributed by atoms with Gasteiger partial charge < -0.3 is 30.4 Å². The number of hydrogen-bond acceptors (Lipinski definition) is 12. The summed E-state index contributed by atoms with van der Waals surface area (Å²) in [6, 6.07) is 3.69. The van der Waals surface area contributed by atoms with E-state index in [1.54, 1.807) is 23.6 Å². The predicted molar refractivity (Wildman–Crippen MR) is 152 cm³/mol. The number of urea groups is 1. The van der Waals surface area contributed by atoms with E-state index in [4.69, 9.17) is 4.42 Å². The van der Waals surface area contributed by atoms with E-state index < -0.39 is 52.5 Å². The van der Waals surface area contributed by atoms with Gasteiger partial charge in [-0.15, -0.1) is 33.3 Å². The van der Waals surface area contributed by atoms with Gasteiger partial charge in [0.1, 0.15) is 27.9 Å². The number of aliphatic carboxylic acids is 1. The van der Waals surface area contributed by atoms with Gasteiger partial charge in [-0.1, -0.05) is 29.2 Å². The predicted octanol–water partition coefficient (Wildman–Crippen LogP) is 1.99. The number of aryl methyl sites for hydroxylation is 1. The minimum absolute atomic E-state index is 0.00863. The number of hydrogen-bond donors (Lipinski definition) is 4. The van der Waals surface area contributed by atoms with Crippen LogP contribution in [0.4, 0.5) is 4.79 Å². The molecule has 3 unspecified atom stereocenters. The third-order valence-electron chi connectivity index (χ3n) is 6.45. The van der Waals surface area contributed by atoms with Crippen LogP contribution in [0.25, 0.3) is 0 Å². The number of carboxylic acid groups (broad SMARTS) is 1. The van der Waals surface area contributed by atoms with E-state index in [0.29, 0.717) is 9.22 Å². The van der Waals surface area contributed by atoms with Gasteiger partial charge in [0.25, 0.3) is 0 Å². The number of ketones is 1. The summed E-state index contributed by atoms with van der Waals surface area (Å²) in [6.45, 7) is 1.49. The molecule has 0 radical (unpaired) electrons. The van der Waals surface area contributed by atoms with Crippen LogP contribution in [-0.4, -0.2) is 85.8 Å². The molecule has 3 aromatic rings. The average molecular weight is 637 g/mol. The number of rotatable bonds is 11. The normalized spacial score (nSPS) is 22.3. The molecule has 4 amide bonds. The summed E-state index contributed by atoms with van der Waals surface area (Å²) in [7, 11) is 0. The number of furan rings is 1. The van der Waals surface area contributed by atoms with Gasteiger partial charge in [-0.25, -0.2) is 4.79 Å². The lowest BCUT2D eigenvalue weighted by molar-refractivity contribution is -0.157. The number of amides is 4. The van der Waals surface area contributed by atoms with E-state index in [-0.39, 0.29) is 30.4 Å². The van der Waals surface area contributed by atoms with Crippen molar-refractivity contribution in [2.75, 3.05) is 24.6 Å². The Morgan fingerprint density at radius 2 is 2.10 bits per heavy atom. The molecule has 13 nitrogen and oxygen atoms in total. The number of aromatic nitrogens is 2. The number of carbonyl (C=O) groups is 5. The fourth-order valence-corrected chi connectivity index (χ4v) is 8.72. The standard InChI is InChI=1S/C24H24N6O7S4/c1-12-28-29-23(41-12)40-11-24(21(34)35)9-30-19(33)17(20(30)39-10-24)26-18(32)16(15-5-3-7-38-15)27-22(36)25-8-13(31)14-4-2-6-37-14/h2-7,16-17,20H,8-11H2,1H3,(H,26,32)(H,34,35)(H2,25,27,36)/t16?,17?,20-,24?/m1/s1. The molecular weight excluding hydrogens is 613 g/mol.